The van der Waals surface area contributed by atoms with E-state index in [9.17, 15) is 9.59 Å². The van der Waals surface area contributed by atoms with Crippen LogP contribution in [0.2, 0.25) is 0 Å². The molecule has 2 rings (SSSR count). The van der Waals surface area contributed by atoms with Gasteiger partial charge in [0, 0.05) is 17.8 Å². The van der Waals surface area contributed by atoms with Gasteiger partial charge in [0.2, 0.25) is 5.91 Å². The second kappa shape index (κ2) is 6.81. The number of benzene rings is 1. The van der Waals surface area contributed by atoms with Crippen LogP contribution in [0.25, 0.3) is 0 Å². The molecule has 3 amide bonds. The van der Waals surface area contributed by atoms with E-state index >= 15 is 0 Å². The maximum atomic E-state index is 12.5. The van der Waals surface area contributed by atoms with Gasteiger partial charge in [-0.2, -0.15) is 0 Å². The molecule has 1 saturated heterocycles. The lowest BCUT2D eigenvalue weighted by Gasteiger charge is -2.30. The van der Waals surface area contributed by atoms with Crippen molar-refractivity contribution in [3.8, 4) is 0 Å². The van der Waals surface area contributed by atoms with Crippen molar-refractivity contribution in [1.82, 2.24) is 10.2 Å². The van der Waals surface area contributed by atoms with Crippen molar-refractivity contribution in [1.29, 1.82) is 0 Å². The predicted octanol–water partition coefficient (Wildman–Crippen LogP) is 2.99. The zero-order chi connectivity index (χ0) is 16.2. The number of likely N-dealkylation sites (tertiary alicyclic amines) is 1. The smallest absolute Gasteiger partial charge is 0.322 e. The SMILES string of the molecule is CCC(C)(C)NC(=O)C1CCCN1C(=O)Nc1ccccc1. The van der Waals surface area contributed by atoms with Gasteiger partial charge in [0.25, 0.3) is 0 Å². The largest absolute Gasteiger partial charge is 0.349 e. The number of urea groups is 1. The van der Waals surface area contributed by atoms with E-state index in [2.05, 4.69) is 10.6 Å². The maximum Gasteiger partial charge on any atom is 0.322 e. The van der Waals surface area contributed by atoms with E-state index in [1.807, 2.05) is 51.1 Å². The summed E-state index contributed by atoms with van der Waals surface area (Å²) in [5, 5.41) is 5.89. The third kappa shape index (κ3) is 4.00. The van der Waals surface area contributed by atoms with Crippen LogP contribution in [0, 0.1) is 0 Å². The Morgan fingerprint density at radius 1 is 1.27 bits per heavy atom. The predicted molar refractivity (Wildman–Crippen MR) is 87.7 cm³/mol. The van der Waals surface area contributed by atoms with Crippen molar-refractivity contribution >= 4 is 17.6 Å². The minimum Gasteiger partial charge on any atom is -0.349 e. The van der Waals surface area contributed by atoms with Crippen molar-refractivity contribution in [3.63, 3.8) is 0 Å². The second-order valence-corrected chi connectivity index (χ2v) is 6.37. The fourth-order valence-corrected chi connectivity index (χ4v) is 2.50. The normalized spacial score (nSPS) is 18.1. The van der Waals surface area contributed by atoms with Crippen LogP contribution in [-0.4, -0.2) is 35.0 Å². The molecule has 1 fully saturated rings. The average molecular weight is 303 g/mol. The first kappa shape index (κ1) is 16.3. The lowest BCUT2D eigenvalue weighted by Crippen LogP contribution is -2.53. The van der Waals surface area contributed by atoms with Crippen molar-refractivity contribution in [2.24, 2.45) is 0 Å². The Labute approximate surface area is 132 Å². The second-order valence-electron chi connectivity index (χ2n) is 6.37. The number of nitrogens with one attached hydrogen (secondary N) is 2. The molecule has 120 valence electrons. The Morgan fingerprint density at radius 2 is 1.95 bits per heavy atom. The molecule has 1 aromatic carbocycles. The summed E-state index contributed by atoms with van der Waals surface area (Å²) in [6.07, 6.45) is 2.42. The Bertz CT molecular complexity index is 528. The molecule has 1 atom stereocenters. The van der Waals surface area contributed by atoms with Gasteiger partial charge >= 0.3 is 6.03 Å². The molecule has 0 aliphatic carbocycles. The summed E-state index contributed by atoms with van der Waals surface area (Å²) in [5.74, 6) is -0.0624. The van der Waals surface area contributed by atoms with E-state index in [0.29, 0.717) is 13.0 Å². The first-order valence-corrected chi connectivity index (χ1v) is 7.87. The number of rotatable bonds is 4. The van der Waals surface area contributed by atoms with Gasteiger partial charge in [-0.3, -0.25) is 4.79 Å². The van der Waals surface area contributed by atoms with Crippen LogP contribution in [0.15, 0.2) is 30.3 Å². The van der Waals surface area contributed by atoms with Crippen LogP contribution < -0.4 is 10.6 Å². The highest BCUT2D eigenvalue weighted by Gasteiger charge is 2.35. The quantitative estimate of drug-likeness (QED) is 0.898. The van der Waals surface area contributed by atoms with Crippen LogP contribution in [0.1, 0.15) is 40.0 Å². The van der Waals surface area contributed by atoms with Crippen LogP contribution in [-0.2, 0) is 4.79 Å². The number of carbonyl (C=O) groups excluding carboxylic acids is 2. The zero-order valence-corrected chi connectivity index (χ0v) is 13.6. The van der Waals surface area contributed by atoms with Crippen molar-refractivity contribution in [3.05, 3.63) is 30.3 Å². The summed E-state index contributed by atoms with van der Waals surface area (Å²) < 4.78 is 0. The topological polar surface area (TPSA) is 61.4 Å². The highest BCUT2D eigenvalue weighted by Crippen LogP contribution is 2.20. The minimum atomic E-state index is -0.380. The Morgan fingerprint density at radius 3 is 2.59 bits per heavy atom. The van der Waals surface area contributed by atoms with E-state index in [1.54, 1.807) is 4.90 Å². The Hall–Kier alpha value is -2.04. The molecular formula is C17H25N3O2. The fraction of sp³-hybridized carbons (Fsp3) is 0.529. The van der Waals surface area contributed by atoms with Gasteiger partial charge in [-0.1, -0.05) is 25.1 Å². The van der Waals surface area contributed by atoms with E-state index in [0.717, 1.165) is 18.5 Å². The lowest BCUT2D eigenvalue weighted by atomic mass is 10.0. The van der Waals surface area contributed by atoms with E-state index in [1.165, 1.54) is 0 Å². The summed E-state index contributed by atoms with van der Waals surface area (Å²) in [7, 11) is 0. The highest BCUT2D eigenvalue weighted by atomic mass is 16.2. The van der Waals surface area contributed by atoms with Crippen molar-refractivity contribution in [2.45, 2.75) is 51.6 Å². The van der Waals surface area contributed by atoms with Crippen LogP contribution in [0.3, 0.4) is 0 Å². The molecule has 1 aliphatic rings. The monoisotopic (exact) mass is 303 g/mol. The number of hydrogen-bond donors (Lipinski definition) is 2. The van der Waals surface area contributed by atoms with Crippen LogP contribution in [0.5, 0.6) is 0 Å². The first-order valence-electron chi connectivity index (χ1n) is 7.87. The van der Waals surface area contributed by atoms with Crippen molar-refractivity contribution < 1.29 is 9.59 Å². The molecular weight excluding hydrogens is 278 g/mol. The lowest BCUT2D eigenvalue weighted by molar-refractivity contribution is -0.126. The summed E-state index contributed by atoms with van der Waals surface area (Å²) in [6, 6.07) is 8.72. The molecule has 1 aromatic rings. The Kier molecular flexibility index (Phi) is 5.06. The van der Waals surface area contributed by atoms with Crippen molar-refractivity contribution in [2.75, 3.05) is 11.9 Å². The summed E-state index contributed by atoms with van der Waals surface area (Å²) in [5.41, 5.74) is 0.494. The molecule has 1 unspecified atom stereocenters. The fourth-order valence-electron chi connectivity index (χ4n) is 2.50. The summed E-state index contributed by atoms with van der Waals surface area (Å²) in [6.45, 7) is 6.64. The molecule has 22 heavy (non-hydrogen) atoms. The van der Waals surface area contributed by atoms with Gasteiger partial charge in [-0.05, 0) is 45.2 Å². The molecule has 5 heteroatoms. The minimum absolute atomic E-state index is 0.0624. The molecule has 1 aliphatic heterocycles. The van der Waals surface area contributed by atoms with E-state index in [4.69, 9.17) is 0 Å². The van der Waals surface area contributed by atoms with Gasteiger partial charge < -0.3 is 15.5 Å². The number of para-hydroxylation sites is 1. The van der Waals surface area contributed by atoms with E-state index in [-0.39, 0.29) is 23.5 Å². The third-order valence-electron chi connectivity index (χ3n) is 4.19. The average Bonchev–Trinajstić information content (AvgIpc) is 2.97. The molecule has 1 heterocycles. The van der Waals surface area contributed by atoms with Gasteiger partial charge in [-0.15, -0.1) is 0 Å². The molecule has 5 nitrogen and oxygen atoms in total. The van der Waals surface area contributed by atoms with Gasteiger partial charge in [0.05, 0.1) is 0 Å². The van der Waals surface area contributed by atoms with Crippen LogP contribution >= 0.6 is 0 Å². The number of anilines is 1. The van der Waals surface area contributed by atoms with Crippen LogP contribution in [0.4, 0.5) is 10.5 Å². The number of amides is 3. The Balaban J connectivity index is 2.01. The molecule has 2 N–H and O–H groups in total. The molecule has 0 bridgehead atoms. The van der Waals surface area contributed by atoms with E-state index < -0.39 is 0 Å². The van der Waals surface area contributed by atoms with Gasteiger partial charge in [-0.25, -0.2) is 4.79 Å². The number of nitrogens with zero attached hydrogens (tertiary/aromatic N) is 1. The van der Waals surface area contributed by atoms with Gasteiger partial charge in [0.1, 0.15) is 6.04 Å². The third-order valence-corrected chi connectivity index (χ3v) is 4.19. The maximum absolute atomic E-state index is 12.5. The zero-order valence-electron chi connectivity index (χ0n) is 13.6. The molecule has 0 radical (unpaired) electrons. The molecule has 0 spiro atoms. The number of carbonyl (C=O) groups is 2. The number of hydrogen-bond acceptors (Lipinski definition) is 2. The molecule has 0 saturated carbocycles. The van der Waals surface area contributed by atoms with Gasteiger partial charge in [0.15, 0.2) is 0 Å². The molecule has 0 aromatic heterocycles. The standard InChI is InChI=1S/C17H25N3O2/c1-4-17(2,3)19-15(21)14-11-8-12-20(14)16(22)18-13-9-6-5-7-10-13/h5-7,9-10,14H,4,8,11-12H2,1-3H3,(H,18,22)(H,19,21). The summed E-state index contributed by atoms with van der Waals surface area (Å²) in [4.78, 5) is 26.5. The first-order chi connectivity index (χ1) is 10.4. The highest BCUT2D eigenvalue weighted by molar-refractivity contribution is 5.94. The summed E-state index contributed by atoms with van der Waals surface area (Å²) >= 11 is 0.